The Kier molecular flexibility index (Phi) is 3.99. The van der Waals surface area contributed by atoms with Crippen molar-refractivity contribution in [1.82, 2.24) is 15.3 Å². The molecule has 4 N–H and O–H groups in total. The predicted octanol–water partition coefficient (Wildman–Crippen LogP) is 0.831. The van der Waals surface area contributed by atoms with Crippen LogP contribution in [0.25, 0.3) is 0 Å². The zero-order chi connectivity index (χ0) is 13.7. The van der Waals surface area contributed by atoms with Crippen molar-refractivity contribution in [3.05, 3.63) is 53.7 Å². The second kappa shape index (κ2) is 5.87. The molecular weight excluding hydrogens is 249 g/mol. The first-order valence-corrected chi connectivity index (χ1v) is 5.51. The Morgan fingerprint density at radius 2 is 2.05 bits per heavy atom. The van der Waals surface area contributed by atoms with Crippen LogP contribution in [-0.4, -0.2) is 15.9 Å². The maximum absolute atomic E-state index is 13.3. The zero-order valence-electron chi connectivity index (χ0n) is 9.93. The molecule has 0 fully saturated rings. The van der Waals surface area contributed by atoms with Gasteiger partial charge >= 0.3 is 0 Å². The van der Waals surface area contributed by atoms with Crippen molar-refractivity contribution in [2.24, 2.45) is 5.84 Å². The Morgan fingerprint density at radius 1 is 1.26 bits per heavy atom. The van der Waals surface area contributed by atoms with E-state index in [1.165, 1.54) is 18.5 Å². The maximum atomic E-state index is 13.3. The van der Waals surface area contributed by atoms with Crippen LogP contribution < -0.4 is 16.6 Å². The number of hydrogen-bond acceptors (Lipinski definition) is 5. The number of amides is 1. The molecule has 0 saturated heterocycles. The number of nitrogens with zero attached hydrogens (tertiary/aromatic N) is 2. The molecule has 0 unspecified atom stereocenters. The van der Waals surface area contributed by atoms with E-state index in [2.05, 4.69) is 20.7 Å². The lowest BCUT2D eigenvalue weighted by atomic mass is 10.2. The van der Waals surface area contributed by atoms with E-state index in [1.54, 1.807) is 18.2 Å². The zero-order valence-corrected chi connectivity index (χ0v) is 9.93. The van der Waals surface area contributed by atoms with Crippen LogP contribution in [0.1, 0.15) is 16.1 Å². The van der Waals surface area contributed by atoms with Gasteiger partial charge in [-0.3, -0.25) is 4.79 Å². The number of hydrogen-bond donors (Lipinski definition) is 3. The number of anilines is 1. The quantitative estimate of drug-likeness (QED) is 0.560. The van der Waals surface area contributed by atoms with Crippen molar-refractivity contribution in [1.29, 1.82) is 0 Å². The molecule has 1 aromatic heterocycles. The minimum absolute atomic E-state index is 0.0874. The monoisotopic (exact) mass is 261 g/mol. The molecule has 1 amide bonds. The van der Waals surface area contributed by atoms with Crippen LogP contribution in [0.4, 0.5) is 10.2 Å². The number of nitrogen functional groups attached to an aromatic ring is 1. The summed E-state index contributed by atoms with van der Waals surface area (Å²) in [6, 6.07) is 6.22. The Morgan fingerprint density at radius 3 is 2.68 bits per heavy atom. The molecule has 0 aliphatic carbocycles. The molecule has 0 aliphatic rings. The summed E-state index contributed by atoms with van der Waals surface area (Å²) in [5, 5.41) is 2.56. The summed E-state index contributed by atoms with van der Waals surface area (Å²) in [6.45, 7) is 0.0874. The Bertz CT molecular complexity index is 573. The van der Waals surface area contributed by atoms with Gasteiger partial charge in [0.05, 0.1) is 12.4 Å². The minimum Gasteiger partial charge on any atom is -0.346 e. The van der Waals surface area contributed by atoms with Gasteiger partial charge in [0.25, 0.3) is 5.91 Å². The molecule has 1 aromatic carbocycles. The standard InChI is InChI=1S/C12H12FN5O/c13-9-4-2-1-3-8(9)5-17-12(19)10-6-16-11(18-14)7-15-10/h1-4,6-7H,5,14H2,(H,16,18)(H,17,19). The number of nitrogens with two attached hydrogens (primary N) is 1. The summed E-state index contributed by atoms with van der Waals surface area (Å²) >= 11 is 0. The lowest BCUT2D eigenvalue weighted by Crippen LogP contribution is -2.24. The Hall–Kier alpha value is -2.54. The fraction of sp³-hybridized carbons (Fsp3) is 0.0833. The molecule has 0 atom stereocenters. The third kappa shape index (κ3) is 3.23. The van der Waals surface area contributed by atoms with Crippen molar-refractivity contribution in [3.8, 4) is 0 Å². The Balaban J connectivity index is 1.99. The number of benzene rings is 1. The summed E-state index contributed by atoms with van der Waals surface area (Å²) < 4.78 is 13.3. The molecule has 0 bridgehead atoms. The van der Waals surface area contributed by atoms with Crippen LogP contribution in [0.2, 0.25) is 0 Å². The van der Waals surface area contributed by atoms with Crippen LogP contribution in [0.15, 0.2) is 36.7 Å². The fourth-order valence-corrected chi connectivity index (χ4v) is 1.43. The normalized spacial score (nSPS) is 10.0. The molecule has 19 heavy (non-hydrogen) atoms. The number of rotatable bonds is 4. The molecule has 2 rings (SSSR count). The van der Waals surface area contributed by atoms with Crippen molar-refractivity contribution in [2.45, 2.75) is 6.54 Å². The topological polar surface area (TPSA) is 92.9 Å². The molecule has 0 radical (unpaired) electrons. The molecule has 2 aromatic rings. The molecule has 6 nitrogen and oxygen atoms in total. The van der Waals surface area contributed by atoms with Crippen LogP contribution in [0.5, 0.6) is 0 Å². The van der Waals surface area contributed by atoms with Gasteiger partial charge in [-0.25, -0.2) is 20.2 Å². The summed E-state index contributed by atoms with van der Waals surface area (Å²) in [7, 11) is 0. The number of aromatic nitrogens is 2. The van der Waals surface area contributed by atoms with Gasteiger partial charge in [0.15, 0.2) is 5.82 Å². The van der Waals surface area contributed by atoms with Gasteiger partial charge in [-0.05, 0) is 6.07 Å². The van der Waals surface area contributed by atoms with Crippen LogP contribution >= 0.6 is 0 Å². The van der Waals surface area contributed by atoms with Crippen molar-refractivity contribution < 1.29 is 9.18 Å². The average molecular weight is 261 g/mol. The predicted molar refractivity (Wildman–Crippen MR) is 67.4 cm³/mol. The second-order valence-electron chi connectivity index (χ2n) is 3.71. The third-order valence-electron chi connectivity index (χ3n) is 2.43. The van der Waals surface area contributed by atoms with Gasteiger partial charge < -0.3 is 10.7 Å². The van der Waals surface area contributed by atoms with E-state index in [-0.39, 0.29) is 18.1 Å². The minimum atomic E-state index is -0.431. The third-order valence-corrected chi connectivity index (χ3v) is 2.43. The largest absolute Gasteiger partial charge is 0.346 e. The molecule has 0 saturated carbocycles. The smallest absolute Gasteiger partial charge is 0.271 e. The van der Waals surface area contributed by atoms with E-state index in [0.29, 0.717) is 11.4 Å². The number of carbonyl (C=O) groups is 1. The maximum Gasteiger partial charge on any atom is 0.271 e. The molecule has 7 heteroatoms. The summed E-state index contributed by atoms with van der Waals surface area (Å²) in [4.78, 5) is 19.5. The average Bonchev–Trinajstić information content (AvgIpc) is 2.46. The number of hydrazine groups is 1. The van der Waals surface area contributed by atoms with Gasteiger partial charge in [-0.15, -0.1) is 0 Å². The lowest BCUT2D eigenvalue weighted by Gasteiger charge is -2.06. The molecule has 0 spiro atoms. The van der Waals surface area contributed by atoms with E-state index in [4.69, 9.17) is 5.84 Å². The fourth-order valence-electron chi connectivity index (χ4n) is 1.43. The highest BCUT2D eigenvalue weighted by molar-refractivity contribution is 5.91. The van der Waals surface area contributed by atoms with Crippen LogP contribution in [0.3, 0.4) is 0 Å². The van der Waals surface area contributed by atoms with E-state index < -0.39 is 5.91 Å². The molecule has 0 aliphatic heterocycles. The van der Waals surface area contributed by atoms with Gasteiger partial charge in [-0.1, -0.05) is 18.2 Å². The second-order valence-corrected chi connectivity index (χ2v) is 3.71. The van der Waals surface area contributed by atoms with Crippen molar-refractivity contribution in [3.63, 3.8) is 0 Å². The van der Waals surface area contributed by atoms with Crippen LogP contribution in [-0.2, 0) is 6.54 Å². The van der Waals surface area contributed by atoms with Crippen molar-refractivity contribution >= 4 is 11.7 Å². The molecule has 98 valence electrons. The SMILES string of the molecule is NNc1cnc(C(=O)NCc2ccccc2F)cn1. The van der Waals surface area contributed by atoms with Crippen molar-refractivity contribution in [2.75, 3.05) is 5.43 Å². The highest BCUT2D eigenvalue weighted by Gasteiger charge is 2.08. The Labute approximate surface area is 108 Å². The van der Waals surface area contributed by atoms with Gasteiger partial charge in [0, 0.05) is 12.1 Å². The van der Waals surface area contributed by atoms with Gasteiger partial charge in [-0.2, -0.15) is 0 Å². The number of carbonyl (C=O) groups excluding carboxylic acids is 1. The molecule has 1 heterocycles. The van der Waals surface area contributed by atoms with E-state index in [9.17, 15) is 9.18 Å². The number of halogens is 1. The highest BCUT2D eigenvalue weighted by Crippen LogP contribution is 2.06. The first kappa shape index (κ1) is 12.9. The first-order chi connectivity index (χ1) is 9.20. The summed E-state index contributed by atoms with van der Waals surface area (Å²) in [5.74, 6) is 4.69. The van der Waals surface area contributed by atoms with E-state index in [1.807, 2.05) is 0 Å². The van der Waals surface area contributed by atoms with Gasteiger partial charge in [0.1, 0.15) is 11.5 Å². The number of nitrogens with one attached hydrogen (secondary N) is 2. The summed E-state index contributed by atoms with van der Waals surface area (Å²) in [5.41, 5.74) is 2.84. The van der Waals surface area contributed by atoms with E-state index >= 15 is 0 Å². The first-order valence-electron chi connectivity index (χ1n) is 5.51. The van der Waals surface area contributed by atoms with Crippen LogP contribution in [0, 0.1) is 5.82 Å². The van der Waals surface area contributed by atoms with Gasteiger partial charge in [0.2, 0.25) is 0 Å². The molecular formula is C12H12FN5O. The van der Waals surface area contributed by atoms with E-state index in [0.717, 1.165) is 0 Å². The summed E-state index contributed by atoms with van der Waals surface area (Å²) in [6.07, 6.45) is 2.61. The lowest BCUT2D eigenvalue weighted by molar-refractivity contribution is 0.0945. The highest BCUT2D eigenvalue weighted by atomic mass is 19.1.